The summed E-state index contributed by atoms with van der Waals surface area (Å²) in [4.78, 5) is -0.420. The van der Waals surface area contributed by atoms with E-state index in [1.54, 1.807) is 72.8 Å². The van der Waals surface area contributed by atoms with E-state index in [0.29, 0.717) is 38.3 Å². The van der Waals surface area contributed by atoms with Crippen LogP contribution in [0.2, 0.25) is 0 Å². The Morgan fingerprint density at radius 2 is 1.53 bits per heavy atom. The van der Waals surface area contributed by atoms with E-state index in [-0.39, 0.29) is 22.4 Å². The number of hydrogen-bond donors (Lipinski definition) is 2. The first-order chi connectivity index (χ1) is 15.5. The average Bonchev–Trinajstić information content (AvgIpc) is 3.10. The Morgan fingerprint density at radius 3 is 2.31 bits per heavy atom. The number of nitrogens with zero attached hydrogens (tertiary/aromatic N) is 2. The molecule has 0 saturated heterocycles. The van der Waals surface area contributed by atoms with E-state index >= 15 is 0 Å². The molecule has 0 aliphatic heterocycles. The summed E-state index contributed by atoms with van der Waals surface area (Å²) in [5.74, 6) is -0.145. The highest BCUT2D eigenvalue weighted by Crippen LogP contribution is 2.36. The minimum atomic E-state index is -0.420. The zero-order valence-corrected chi connectivity index (χ0v) is 16.6. The standard InChI is InChI=1S/C25H17N2O5/c28-25-20-12-10-15(17-5-1-3-7-23(17)26(29)30)13-21(20)19-11-9-16(14-22(19)25)18-6-2-4-8-24(18)27(31)32/h1-14,31-32H,(H-,28,29,30)/q-1/p-1. The fraction of sp³-hybridized carbons (Fsp3) is 0. The third-order valence-electron chi connectivity index (χ3n) is 5.66. The molecule has 0 unspecified atom stereocenters. The highest BCUT2D eigenvalue weighted by atomic mass is 16.8. The fourth-order valence-electron chi connectivity index (χ4n) is 4.18. The average molecular weight is 424 g/mol. The van der Waals surface area contributed by atoms with Crippen LogP contribution in [0.1, 0.15) is 5.56 Å². The van der Waals surface area contributed by atoms with Crippen molar-refractivity contribution in [3.63, 3.8) is 0 Å². The van der Waals surface area contributed by atoms with Gasteiger partial charge in [0.25, 0.3) is 0 Å². The van der Waals surface area contributed by atoms with Gasteiger partial charge in [0.05, 0.1) is 5.57 Å². The molecule has 2 N–H and O–H groups in total. The van der Waals surface area contributed by atoms with Gasteiger partial charge in [-0.05, 0) is 57.0 Å². The van der Waals surface area contributed by atoms with Crippen LogP contribution in [0.5, 0.6) is 0 Å². The van der Waals surface area contributed by atoms with E-state index in [9.17, 15) is 25.9 Å². The van der Waals surface area contributed by atoms with Crippen LogP contribution in [-0.4, -0.2) is 21.0 Å². The zero-order valence-electron chi connectivity index (χ0n) is 16.6. The van der Waals surface area contributed by atoms with Crippen LogP contribution in [0.4, 0.5) is 5.69 Å². The first-order valence-electron chi connectivity index (χ1n) is 9.80. The van der Waals surface area contributed by atoms with Gasteiger partial charge < -0.3 is 15.5 Å². The second-order valence-electron chi connectivity index (χ2n) is 7.43. The highest BCUT2D eigenvalue weighted by molar-refractivity contribution is 6.26. The molecule has 7 heteroatoms. The lowest BCUT2D eigenvalue weighted by Crippen LogP contribution is -2.21. The number of fused-ring (bicyclic) bond motifs is 3. The molecule has 5 rings (SSSR count). The van der Waals surface area contributed by atoms with Gasteiger partial charge in [-0.25, -0.2) is 0 Å². The van der Waals surface area contributed by atoms with Crippen molar-refractivity contribution in [1.82, 2.24) is 0 Å². The molecule has 2 aliphatic rings. The summed E-state index contributed by atoms with van der Waals surface area (Å²) >= 11 is 0. The SMILES string of the molecule is [O-]C1=c2ccc(=C3C=CC=CC3=[N+]([O-])[O-])cc2-c2ccc(-c3ccccc3N(O)O)cc21. The van der Waals surface area contributed by atoms with Crippen LogP contribution in [0.3, 0.4) is 0 Å². The van der Waals surface area contributed by atoms with Crippen molar-refractivity contribution in [3.05, 3.63) is 111 Å². The topological polar surface area (TPSA) is 116 Å². The van der Waals surface area contributed by atoms with Gasteiger partial charge in [-0.15, -0.1) is 5.23 Å². The summed E-state index contributed by atoms with van der Waals surface area (Å²) in [7, 11) is 0. The minimum Gasteiger partial charge on any atom is -0.872 e. The van der Waals surface area contributed by atoms with Crippen molar-refractivity contribution in [1.29, 1.82) is 0 Å². The van der Waals surface area contributed by atoms with E-state index in [0.717, 1.165) is 5.56 Å². The maximum atomic E-state index is 13.1. The Morgan fingerprint density at radius 1 is 0.750 bits per heavy atom. The molecule has 32 heavy (non-hydrogen) atoms. The van der Waals surface area contributed by atoms with Crippen molar-refractivity contribution in [3.8, 4) is 22.3 Å². The summed E-state index contributed by atoms with van der Waals surface area (Å²) in [6.07, 6.45) is 6.50. The molecule has 0 aromatic heterocycles. The number of para-hydroxylation sites is 1. The van der Waals surface area contributed by atoms with Crippen LogP contribution in [0, 0.1) is 10.4 Å². The molecule has 3 aromatic rings. The molecule has 0 heterocycles. The Labute approximate surface area is 182 Å². The van der Waals surface area contributed by atoms with E-state index in [4.69, 9.17) is 0 Å². The molecule has 0 fully saturated rings. The number of anilines is 1. The lowest BCUT2D eigenvalue weighted by Gasteiger charge is -2.16. The molecule has 0 bridgehead atoms. The van der Waals surface area contributed by atoms with E-state index in [1.807, 2.05) is 6.07 Å². The smallest absolute Gasteiger partial charge is 0.230 e. The van der Waals surface area contributed by atoms with Gasteiger partial charge in [-0.3, -0.25) is 10.4 Å². The van der Waals surface area contributed by atoms with Gasteiger partial charge in [0.2, 0.25) is 5.71 Å². The predicted octanol–water partition coefficient (Wildman–Crippen LogP) is 2.16. The summed E-state index contributed by atoms with van der Waals surface area (Å²) in [5.41, 5.74) is 3.84. The summed E-state index contributed by atoms with van der Waals surface area (Å²) < 4.78 is 0. The van der Waals surface area contributed by atoms with Gasteiger partial charge in [-0.2, -0.15) is 4.90 Å². The quantitative estimate of drug-likeness (QED) is 0.481. The molecule has 0 atom stereocenters. The Hall–Kier alpha value is -4.33. The maximum Gasteiger partial charge on any atom is 0.230 e. The number of allylic oxidation sites excluding steroid dienone is 4. The van der Waals surface area contributed by atoms with Gasteiger partial charge >= 0.3 is 0 Å². The third-order valence-corrected chi connectivity index (χ3v) is 5.66. The maximum absolute atomic E-state index is 13.1. The molecular formula is C25H16N2O5-2. The van der Waals surface area contributed by atoms with Gasteiger partial charge in [0.1, 0.15) is 5.69 Å². The summed E-state index contributed by atoms with van der Waals surface area (Å²) in [6, 6.07) is 17.3. The van der Waals surface area contributed by atoms with Crippen LogP contribution in [0.25, 0.3) is 33.6 Å². The second-order valence-corrected chi connectivity index (χ2v) is 7.43. The largest absolute Gasteiger partial charge is 0.872 e. The van der Waals surface area contributed by atoms with Crippen molar-refractivity contribution in [2.75, 3.05) is 5.23 Å². The normalized spacial score (nSPS) is 15.6. The van der Waals surface area contributed by atoms with Crippen molar-refractivity contribution >= 4 is 22.7 Å². The van der Waals surface area contributed by atoms with Gasteiger partial charge in [0.15, 0.2) is 0 Å². The molecular weight excluding hydrogens is 408 g/mol. The van der Waals surface area contributed by atoms with Crippen molar-refractivity contribution in [2.45, 2.75) is 0 Å². The summed E-state index contributed by atoms with van der Waals surface area (Å²) in [6.45, 7) is 0. The van der Waals surface area contributed by atoms with Crippen molar-refractivity contribution in [2.24, 2.45) is 0 Å². The van der Waals surface area contributed by atoms with Crippen molar-refractivity contribution < 1.29 is 20.4 Å². The Balaban J connectivity index is 1.69. The minimum absolute atomic E-state index is 0.00140. The zero-order chi connectivity index (χ0) is 22.4. The fourth-order valence-corrected chi connectivity index (χ4v) is 4.18. The number of rotatable bonds is 2. The monoisotopic (exact) mass is 424 g/mol. The molecule has 0 amide bonds. The van der Waals surface area contributed by atoms with Crippen LogP contribution >= 0.6 is 0 Å². The Bertz CT molecular complexity index is 1480. The van der Waals surface area contributed by atoms with Crippen LogP contribution in [-0.2, 0) is 0 Å². The molecule has 0 spiro atoms. The highest BCUT2D eigenvalue weighted by Gasteiger charge is 2.18. The molecule has 0 saturated carbocycles. The van der Waals surface area contributed by atoms with E-state index in [2.05, 4.69) is 0 Å². The van der Waals surface area contributed by atoms with E-state index in [1.165, 1.54) is 6.08 Å². The molecule has 0 radical (unpaired) electrons. The molecule has 3 aromatic carbocycles. The first-order valence-corrected chi connectivity index (χ1v) is 9.80. The first kappa shape index (κ1) is 19.6. The van der Waals surface area contributed by atoms with Gasteiger partial charge in [0, 0.05) is 11.6 Å². The lowest BCUT2D eigenvalue weighted by molar-refractivity contribution is -0.376. The lowest BCUT2D eigenvalue weighted by atomic mass is 9.96. The molecule has 7 nitrogen and oxygen atoms in total. The number of hydrogen-bond acceptors (Lipinski definition) is 6. The molecule has 158 valence electrons. The third kappa shape index (κ3) is 3.04. The number of benzene rings is 3. The summed E-state index contributed by atoms with van der Waals surface area (Å²) in [5, 5.41) is 56.3. The molecule has 2 aliphatic carbocycles. The van der Waals surface area contributed by atoms with E-state index < -0.39 is 4.90 Å². The predicted molar refractivity (Wildman–Crippen MR) is 119 cm³/mol. The van der Waals surface area contributed by atoms with Gasteiger partial charge in [-0.1, -0.05) is 60.4 Å². The Kier molecular flexibility index (Phi) is 4.55. The second kappa shape index (κ2) is 7.42. The van der Waals surface area contributed by atoms with Crippen LogP contribution in [0.15, 0.2) is 85.0 Å². The van der Waals surface area contributed by atoms with Crippen LogP contribution < -0.4 is 20.8 Å².